The third-order valence-corrected chi connectivity index (χ3v) is 4.96. The molecule has 0 aliphatic carbocycles. The lowest BCUT2D eigenvalue weighted by molar-refractivity contribution is 0.152. The molecular formula is C21H26F2N6. The van der Waals surface area contributed by atoms with Crippen molar-refractivity contribution in [2.45, 2.75) is 25.7 Å². The molecule has 0 bridgehead atoms. The van der Waals surface area contributed by atoms with Gasteiger partial charge in [-0.1, -0.05) is 18.2 Å². The Morgan fingerprint density at radius 3 is 2.93 bits per heavy atom. The van der Waals surface area contributed by atoms with Crippen LogP contribution < -0.4 is 11.1 Å². The van der Waals surface area contributed by atoms with Crippen LogP contribution in [0.2, 0.25) is 0 Å². The zero-order valence-electron chi connectivity index (χ0n) is 16.5. The van der Waals surface area contributed by atoms with E-state index in [0.717, 1.165) is 42.6 Å². The summed E-state index contributed by atoms with van der Waals surface area (Å²) in [5.41, 5.74) is 10.1. The molecule has 1 aliphatic rings. The molecule has 2 aromatic rings. The van der Waals surface area contributed by atoms with Crippen molar-refractivity contribution in [2.75, 3.05) is 19.6 Å². The molecule has 0 spiro atoms. The van der Waals surface area contributed by atoms with Crippen LogP contribution in [0.4, 0.5) is 8.78 Å². The molecule has 0 saturated heterocycles. The van der Waals surface area contributed by atoms with Crippen LogP contribution in [0.25, 0.3) is 11.1 Å². The fourth-order valence-electron chi connectivity index (χ4n) is 3.42. The average molecular weight is 400 g/mol. The Kier molecular flexibility index (Phi) is 6.87. The van der Waals surface area contributed by atoms with Crippen LogP contribution in [-0.4, -0.2) is 42.0 Å². The van der Waals surface area contributed by atoms with E-state index in [9.17, 15) is 8.78 Å². The highest BCUT2D eigenvalue weighted by Gasteiger charge is 2.16. The van der Waals surface area contributed by atoms with E-state index in [1.54, 1.807) is 30.2 Å². The van der Waals surface area contributed by atoms with E-state index in [0.29, 0.717) is 30.1 Å². The maximum atomic E-state index is 13.4. The minimum atomic E-state index is -2.53. The predicted molar refractivity (Wildman–Crippen MR) is 112 cm³/mol. The first kappa shape index (κ1) is 20.9. The number of hydrogen-bond acceptors (Lipinski definition) is 4. The minimum Gasteiger partial charge on any atom is -0.384 e. The first-order valence-electron chi connectivity index (χ1n) is 9.59. The van der Waals surface area contributed by atoms with Gasteiger partial charge in [-0.2, -0.15) is 5.10 Å². The van der Waals surface area contributed by atoms with Gasteiger partial charge >= 0.3 is 0 Å². The summed E-state index contributed by atoms with van der Waals surface area (Å²) in [5, 5.41) is 7.35. The second kappa shape index (κ2) is 9.56. The van der Waals surface area contributed by atoms with E-state index >= 15 is 0 Å². The molecule has 1 aliphatic heterocycles. The highest BCUT2D eigenvalue weighted by atomic mass is 19.3. The van der Waals surface area contributed by atoms with Crippen molar-refractivity contribution in [3.63, 3.8) is 0 Å². The van der Waals surface area contributed by atoms with Crippen molar-refractivity contribution in [3.8, 4) is 11.1 Å². The van der Waals surface area contributed by atoms with Gasteiger partial charge in [0, 0.05) is 61.7 Å². The Morgan fingerprint density at radius 1 is 1.41 bits per heavy atom. The molecule has 0 atom stereocenters. The number of alkyl halides is 2. The molecular weight excluding hydrogens is 374 g/mol. The Hall–Kier alpha value is -2.87. The molecule has 0 amide bonds. The third-order valence-electron chi connectivity index (χ3n) is 4.96. The van der Waals surface area contributed by atoms with Gasteiger partial charge in [0.1, 0.15) is 5.84 Å². The molecule has 0 saturated carbocycles. The minimum absolute atomic E-state index is 0.0187. The monoisotopic (exact) mass is 400 g/mol. The number of rotatable bonds is 8. The van der Waals surface area contributed by atoms with Crippen LogP contribution in [0.1, 0.15) is 30.4 Å². The number of aromatic nitrogens is 2. The van der Waals surface area contributed by atoms with Gasteiger partial charge < -0.3 is 11.1 Å². The van der Waals surface area contributed by atoms with Crippen LogP contribution in [0, 0.1) is 0 Å². The number of hydrogen-bond donors (Lipinski definition) is 2. The SMILES string of the molecule is C=NC1=C(C(N)=NCCCc2ccc(C(F)F)c(-c3cnn(C)c3)c2)CNCC1. The number of amidine groups is 1. The maximum Gasteiger partial charge on any atom is 0.264 e. The van der Waals surface area contributed by atoms with Crippen LogP contribution in [0.15, 0.2) is 51.8 Å². The van der Waals surface area contributed by atoms with E-state index in [1.165, 1.54) is 6.07 Å². The second-order valence-corrected chi connectivity index (χ2v) is 7.01. The van der Waals surface area contributed by atoms with E-state index in [2.05, 4.69) is 27.1 Å². The van der Waals surface area contributed by atoms with Gasteiger partial charge in [0.05, 0.1) is 6.20 Å². The molecule has 0 radical (unpaired) electrons. The number of benzene rings is 1. The number of nitrogens with zero attached hydrogens (tertiary/aromatic N) is 4. The van der Waals surface area contributed by atoms with Crippen LogP contribution in [0.5, 0.6) is 0 Å². The number of nitrogens with one attached hydrogen (secondary N) is 1. The molecule has 29 heavy (non-hydrogen) atoms. The van der Waals surface area contributed by atoms with Gasteiger partial charge in [-0.3, -0.25) is 14.7 Å². The van der Waals surface area contributed by atoms with E-state index < -0.39 is 6.43 Å². The van der Waals surface area contributed by atoms with E-state index in [4.69, 9.17) is 5.73 Å². The third kappa shape index (κ3) is 5.14. The summed E-state index contributed by atoms with van der Waals surface area (Å²) < 4.78 is 28.4. The Bertz CT molecular complexity index is 929. The fraction of sp³-hybridized carbons (Fsp3) is 0.381. The number of aryl methyl sites for hydroxylation is 2. The van der Waals surface area contributed by atoms with Gasteiger partial charge in [-0.15, -0.1) is 0 Å². The highest BCUT2D eigenvalue weighted by molar-refractivity contribution is 5.98. The molecule has 0 unspecified atom stereocenters. The highest BCUT2D eigenvalue weighted by Crippen LogP contribution is 2.32. The van der Waals surface area contributed by atoms with Crippen LogP contribution in [-0.2, 0) is 13.5 Å². The van der Waals surface area contributed by atoms with E-state index in [-0.39, 0.29) is 5.56 Å². The molecule has 2 heterocycles. The van der Waals surface area contributed by atoms with Crippen molar-refractivity contribution in [1.29, 1.82) is 0 Å². The average Bonchev–Trinajstić information content (AvgIpc) is 3.17. The summed E-state index contributed by atoms with van der Waals surface area (Å²) in [5.74, 6) is 0.490. The van der Waals surface area contributed by atoms with Crippen molar-refractivity contribution >= 4 is 12.6 Å². The summed E-state index contributed by atoms with van der Waals surface area (Å²) in [7, 11) is 1.77. The quantitative estimate of drug-likeness (QED) is 0.405. The summed E-state index contributed by atoms with van der Waals surface area (Å²) >= 11 is 0. The summed E-state index contributed by atoms with van der Waals surface area (Å²) in [6.45, 7) is 5.66. The topological polar surface area (TPSA) is 80.6 Å². The van der Waals surface area contributed by atoms with E-state index in [1.807, 2.05) is 6.07 Å². The first-order chi connectivity index (χ1) is 14.0. The second-order valence-electron chi connectivity index (χ2n) is 7.01. The Balaban J connectivity index is 1.68. The van der Waals surface area contributed by atoms with Gasteiger partial charge in [-0.05, 0) is 30.7 Å². The Morgan fingerprint density at radius 2 is 2.24 bits per heavy atom. The lowest BCUT2D eigenvalue weighted by atomic mass is 9.97. The van der Waals surface area contributed by atoms with Gasteiger partial charge in [0.2, 0.25) is 0 Å². The van der Waals surface area contributed by atoms with Crippen molar-refractivity contribution in [1.82, 2.24) is 15.1 Å². The largest absolute Gasteiger partial charge is 0.384 e. The molecule has 8 heteroatoms. The number of aliphatic imine (C=N–C) groups is 2. The fourth-order valence-corrected chi connectivity index (χ4v) is 3.42. The zero-order valence-corrected chi connectivity index (χ0v) is 16.5. The lowest BCUT2D eigenvalue weighted by Gasteiger charge is -2.18. The normalized spacial score (nSPS) is 15.2. The molecule has 6 nitrogen and oxygen atoms in total. The summed E-state index contributed by atoms with van der Waals surface area (Å²) in [4.78, 5) is 8.52. The molecule has 1 aromatic carbocycles. The molecule has 0 fully saturated rings. The summed E-state index contributed by atoms with van der Waals surface area (Å²) in [6.07, 6.45) is 3.09. The van der Waals surface area contributed by atoms with Crippen LogP contribution in [0.3, 0.4) is 0 Å². The standard InChI is InChI=1S/C21H26F2N6/c1-25-19-7-9-26-12-18(19)21(24)27-8-3-4-14-5-6-16(20(22)23)17(10-14)15-11-28-29(2)13-15/h5-6,10-11,13,20,26H,1,3-4,7-9,12H2,2H3,(H2,24,27). The first-order valence-corrected chi connectivity index (χ1v) is 9.59. The van der Waals surface area contributed by atoms with Crippen LogP contribution >= 0.6 is 0 Å². The predicted octanol–water partition coefficient (Wildman–Crippen LogP) is 3.26. The Labute approximate surface area is 169 Å². The van der Waals surface area contributed by atoms with Crippen molar-refractivity contribution < 1.29 is 8.78 Å². The van der Waals surface area contributed by atoms with Gasteiger partial charge in [-0.25, -0.2) is 8.78 Å². The molecule has 154 valence electrons. The van der Waals surface area contributed by atoms with Gasteiger partial charge in [0.15, 0.2) is 0 Å². The van der Waals surface area contributed by atoms with Crippen molar-refractivity contribution in [3.05, 3.63) is 53.0 Å². The molecule has 3 rings (SSSR count). The molecule has 1 aromatic heterocycles. The molecule has 3 N–H and O–H groups in total. The summed E-state index contributed by atoms with van der Waals surface area (Å²) in [6, 6.07) is 5.07. The smallest absolute Gasteiger partial charge is 0.264 e. The number of nitrogens with two attached hydrogens (primary N) is 1. The maximum absolute atomic E-state index is 13.4. The zero-order chi connectivity index (χ0) is 20.8. The lowest BCUT2D eigenvalue weighted by Crippen LogP contribution is -2.31. The van der Waals surface area contributed by atoms with Gasteiger partial charge in [0.25, 0.3) is 6.43 Å². The van der Waals surface area contributed by atoms with Crippen molar-refractivity contribution in [2.24, 2.45) is 22.8 Å². The number of halogens is 2.